The van der Waals surface area contributed by atoms with Crippen LogP contribution < -0.4 is 0 Å². The van der Waals surface area contributed by atoms with E-state index in [1.54, 1.807) is 19.0 Å². The fraction of sp³-hybridized carbons (Fsp3) is 0.769. The molecule has 3 fully saturated rings. The van der Waals surface area contributed by atoms with E-state index >= 15 is 0 Å². The van der Waals surface area contributed by atoms with E-state index in [-0.39, 0.29) is 29.5 Å². The molecule has 0 amide bonds. The van der Waals surface area contributed by atoms with Gasteiger partial charge in [-0.1, -0.05) is 37.1 Å². The SMILES string of the molecule is C/C=C/CCCCC[C@@H]1[C@H]2C[C@H](C3(CC/C=C/C)OCCO3)O[C@]3(O[Si](C)(C)C)[C@H]2C(C(=O)OC)=C(C(=O)OC)[C@H]1[C@@]3(O)C(CN(C)C)C(=O)OC. The van der Waals surface area contributed by atoms with Crippen LogP contribution in [-0.4, -0.2) is 115 Å². The highest BCUT2D eigenvalue weighted by Gasteiger charge is 2.81. The lowest BCUT2D eigenvalue weighted by Crippen LogP contribution is -2.83. The summed E-state index contributed by atoms with van der Waals surface area (Å²) in [4.78, 5) is 44.1. The van der Waals surface area contributed by atoms with Crippen molar-refractivity contribution in [1.82, 2.24) is 4.90 Å². The average Bonchev–Trinajstić information content (AvgIpc) is 3.59. The summed E-state index contributed by atoms with van der Waals surface area (Å²) in [5, 5.41) is 14.0. The molecule has 294 valence electrons. The number of carbonyl (C=O) groups excluding carboxylic acids is 3. The van der Waals surface area contributed by atoms with Crippen molar-refractivity contribution in [2.24, 2.45) is 29.6 Å². The van der Waals surface area contributed by atoms with Gasteiger partial charge in [0.05, 0.1) is 51.6 Å². The summed E-state index contributed by atoms with van der Waals surface area (Å²) in [7, 11) is 4.65. The molecule has 1 saturated carbocycles. The van der Waals surface area contributed by atoms with Crippen LogP contribution in [0.2, 0.25) is 19.6 Å². The Labute approximate surface area is 311 Å². The summed E-state index contributed by atoms with van der Waals surface area (Å²) >= 11 is 0. The number of hydrogen-bond acceptors (Lipinski definition) is 12. The van der Waals surface area contributed by atoms with Crippen LogP contribution in [0.15, 0.2) is 35.5 Å². The molecule has 12 nitrogen and oxygen atoms in total. The van der Waals surface area contributed by atoms with E-state index in [1.165, 1.54) is 21.3 Å². The van der Waals surface area contributed by atoms with Crippen LogP contribution >= 0.6 is 0 Å². The third-order valence-corrected chi connectivity index (χ3v) is 12.1. The van der Waals surface area contributed by atoms with E-state index in [2.05, 4.69) is 6.08 Å². The molecule has 0 aromatic rings. The molecular formula is C39H63NO11Si. The normalized spacial score (nSPS) is 31.8. The summed E-state index contributed by atoms with van der Waals surface area (Å²) in [6.45, 7) is 10.6. The van der Waals surface area contributed by atoms with Crippen LogP contribution in [0.3, 0.4) is 0 Å². The van der Waals surface area contributed by atoms with Crippen LogP contribution in [0.5, 0.6) is 0 Å². The quantitative estimate of drug-likeness (QED) is 0.0651. The monoisotopic (exact) mass is 749 g/mol. The first-order chi connectivity index (χ1) is 24.6. The van der Waals surface area contributed by atoms with Crippen molar-refractivity contribution in [2.75, 3.05) is 55.2 Å². The van der Waals surface area contributed by atoms with Gasteiger partial charge < -0.3 is 42.9 Å². The maximum absolute atomic E-state index is 14.2. The maximum Gasteiger partial charge on any atom is 0.334 e. The third kappa shape index (κ3) is 7.87. The maximum atomic E-state index is 14.2. The Morgan fingerprint density at radius 1 is 0.904 bits per heavy atom. The summed E-state index contributed by atoms with van der Waals surface area (Å²) in [5.41, 5.74) is -2.14. The van der Waals surface area contributed by atoms with E-state index in [0.29, 0.717) is 38.9 Å². The van der Waals surface area contributed by atoms with Crippen LogP contribution in [0.4, 0.5) is 0 Å². The van der Waals surface area contributed by atoms with Crippen molar-refractivity contribution in [3.05, 3.63) is 35.5 Å². The summed E-state index contributed by atoms with van der Waals surface area (Å²) in [5.74, 6) is -9.45. The topological polar surface area (TPSA) is 139 Å². The fourth-order valence-electron chi connectivity index (χ4n) is 9.45. The first kappa shape index (κ1) is 42.3. The number of unbranched alkanes of at least 4 members (excludes halogenated alkanes) is 3. The lowest BCUT2D eigenvalue weighted by Gasteiger charge is -2.71. The van der Waals surface area contributed by atoms with Crippen molar-refractivity contribution >= 4 is 26.2 Å². The van der Waals surface area contributed by atoms with Crippen molar-refractivity contribution in [3.63, 3.8) is 0 Å². The number of allylic oxidation sites excluding steroid dienone is 4. The number of carbonyl (C=O) groups is 3. The molecule has 0 aromatic heterocycles. The second-order valence-corrected chi connectivity index (χ2v) is 20.2. The van der Waals surface area contributed by atoms with Gasteiger partial charge in [0.25, 0.3) is 0 Å². The first-order valence-corrected chi connectivity index (χ1v) is 22.3. The molecule has 52 heavy (non-hydrogen) atoms. The molecule has 2 heterocycles. The van der Waals surface area contributed by atoms with Crippen LogP contribution in [0, 0.1) is 29.6 Å². The number of nitrogens with zero attached hydrogens (tertiary/aromatic N) is 1. The number of methoxy groups -OCH3 is 3. The zero-order valence-corrected chi connectivity index (χ0v) is 34.0. The molecule has 1 unspecified atom stereocenters. The van der Waals surface area contributed by atoms with E-state index in [1.807, 2.05) is 51.7 Å². The minimum absolute atomic E-state index is 0.0117. The molecule has 4 bridgehead atoms. The van der Waals surface area contributed by atoms with Gasteiger partial charge in [0, 0.05) is 18.9 Å². The smallest absolute Gasteiger partial charge is 0.334 e. The van der Waals surface area contributed by atoms with Gasteiger partial charge in [-0.15, -0.1) is 0 Å². The van der Waals surface area contributed by atoms with Gasteiger partial charge in [-0.25, -0.2) is 9.59 Å². The molecule has 13 heteroatoms. The number of hydrogen-bond donors (Lipinski definition) is 1. The lowest BCUT2D eigenvalue weighted by molar-refractivity contribution is -0.428. The molecule has 5 aliphatic rings. The van der Waals surface area contributed by atoms with Gasteiger partial charge in [-0.3, -0.25) is 4.79 Å². The Morgan fingerprint density at radius 2 is 1.50 bits per heavy atom. The predicted molar refractivity (Wildman–Crippen MR) is 197 cm³/mol. The van der Waals surface area contributed by atoms with Crippen molar-refractivity contribution < 1.29 is 52.3 Å². The first-order valence-electron chi connectivity index (χ1n) is 18.9. The van der Waals surface area contributed by atoms with Gasteiger partial charge in [0.2, 0.25) is 0 Å². The third-order valence-electron chi connectivity index (χ3n) is 11.2. The molecule has 2 saturated heterocycles. The standard InChI is InChI=1S/C39H63NO11Si/c1-11-13-15-16-17-18-20-26-27-24-29(37(21-19-14-12-2)48-22-23-49-37)50-39(51-52(8,9)10)33(27)31(36(43)47-7)30(35(42)46-6)32(26)38(39,44)28(25-40(3)4)34(41)45-5/h11-14,26-29,32-33,44H,15-25H2,1-10H3/b13-11+,14-12+/t26-,27-,28?,29-,32+,33-,38+,39+/m1/s1. The molecule has 0 aromatic carbocycles. The van der Waals surface area contributed by atoms with Gasteiger partial charge in [-0.2, -0.15) is 0 Å². The number of rotatable bonds is 18. The average molecular weight is 750 g/mol. The molecule has 0 spiro atoms. The highest BCUT2D eigenvalue weighted by atomic mass is 28.4. The zero-order chi connectivity index (χ0) is 38.5. The van der Waals surface area contributed by atoms with Crippen LogP contribution in [0.1, 0.15) is 65.2 Å². The van der Waals surface area contributed by atoms with Gasteiger partial charge in [0.1, 0.15) is 17.6 Å². The summed E-state index contributed by atoms with van der Waals surface area (Å²) < 4.78 is 43.7. The van der Waals surface area contributed by atoms with Crippen molar-refractivity contribution in [1.29, 1.82) is 0 Å². The molecule has 3 aliphatic carbocycles. The Morgan fingerprint density at radius 3 is 2.04 bits per heavy atom. The zero-order valence-electron chi connectivity index (χ0n) is 33.0. The Hall–Kier alpha value is -2.39. The minimum atomic E-state index is -2.75. The van der Waals surface area contributed by atoms with Gasteiger partial charge in [-0.05, 0) is 91.5 Å². The molecule has 0 radical (unpaired) electrons. The predicted octanol–water partition coefficient (Wildman–Crippen LogP) is 5.17. The largest absolute Gasteiger partial charge is 0.469 e. The molecule has 8 atom stereocenters. The van der Waals surface area contributed by atoms with E-state index in [0.717, 1.165) is 25.7 Å². The Kier molecular flexibility index (Phi) is 14.2. The summed E-state index contributed by atoms with van der Waals surface area (Å²) in [6, 6.07) is 0. The lowest BCUT2D eigenvalue weighted by atomic mass is 9.43. The van der Waals surface area contributed by atoms with Crippen LogP contribution in [0.25, 0.3) is 0 Å². The molecular weight excluding hydrogens is 687 g/mol. The highest BCUT2D eigenvalue weighted by molar-refractivity contribution is 6.69. The van der Waals surface area contributed by atoms with E-state index < -0.39 is 67.3 Å². The second kappa shape index (κ2) is 17.4. The highest BCUT2D eigenvalue weighted by Crippen LogP contribution is 2.70. The molecule has 2 aliphatic heterocycles. The van der Waals surface area contributed by atoms with Crippen molar-refractivity contribution in [2.45, 2.75) is 108 Å². The fourth-order valence-corrected chi connectivity index (χ4v) is 10.7. The van der Waals surface area contributed by atoms with Crippen LogP contribution in [-0.2, 0) is 47.2 Å². The Balaban J connectivity index is 2.10. The second-order valence-electron chi connectivity index (χ2n) is 15.8. The van der Waals surface area contributed by atoms with E-state index in [4.69, 9.17) is 32.8 Å². The number of esters is 3. The van der Waals surface area contributed by atoms with Gasteiger partial charge >= 0.3 is 17.9 Å². The minimum Gasteiger partial charge on any atom is -0.469 e. The van der Waals surface area contributed by atoms with Crippen molar-refractivity contribution in [3.8, 4) is 0 Å². The molecule has 1 N–H and O–H groups in total. The molecule has 5 rings (SSSR count). The van der Waals surface area contributed by atoms with Gasteiger partial charge in [0.15, 0.2) is 19.9 Å². The number of ether oxygens (including phenoxy) is 6. The number of aliphatic hydroxyl groups is 1. The summed E-state index contributed by atoms with van der Waals surface area (Å²) in [6.07, 6.45) is 13.2. The van der Waals surface area contributed by atoms with E-state index in [9.17, 15) is 19.5 Å². The Bertz CT molecular complexity index is 1370.